The summed E-state index contributed by atoms with van der Waals surface area (Å²) < 4.78 is 27.2. The van der Waals surface area contributed by atoms with E-state index >= 15 is 0 Å². The number of thiophene rings is 1. The predicted molar refractivity (Wildman–Crippen MR) is 108 cm³/mol. The molecule has 0 unspecified atom stereocenters. The quantitative estimate of drug-likeness (QED) is 0.453. The molecule has 0 atom stereocenters. The predicted octanol–water partition coefficient (Wildman–Crippen LogP) is 4.83. The Labute approximate surface area is 161 Å². The Morgan fingerprint density at radius 1 is 1.04 bits per heavy atom. The molecule has 0 saturated heterocycles. The minimum Gasteiger partial charge on any atom is -0.293 e. The third-order valence-electron chi connectivity index (χ3n) is 3.61. The van der Waals surface area contributed by atoms with Crippen LogP contribution in [0.3, 0.4) is 0 Å². The number of aryl methyl sites for hydroxylation is 1. The first kappa shape index (κ1) is 18.7. The standard InChI is InChI=1S/C19H17NO3S3/c1-14-4-6-15(7-5-14)18(21)13-25-17-10-8-16(9-11-17)20-26(22,23)19-3-2-12-24-19/h2-12,20H,13H2,1H3. The molecular weight excluding hydrogens is 386 g/mol. The lowest BCUT2D eigenvalue weighted by Crippen LogP contribution is -2.11. The molecule has 7 heteroatoms. The average Bonchev–Trinajstić information content (AvgIpc) is 3.17. The van der Waals surface area contributed by atoms with E-state index in [1.807, 2.05) is 31.2 Å². The summed E-state index contributed by atoms with van der Waals surface area (Å²) in [5.74, 6) is 0.404. The molecule has 0 amide bonds. The first-order chi connectivity index (χ1) is 12.4. The van der Waals surface area contributed by atoms with E-state index < -0.39 is 10.0 Å². The molecule has 1 aromatic heterocycles. The molecule has 0 fully saturated rings. The van der Waals surface area contributed by atoms with Crippen molar-refractivity contribution in [3.8, 4) is 0 Å². The molecule has 3 aromatic rings. The lowest BCUT2D eigenvalue weighted by molar-refractivity contribution is 0.102. The molecular formula is C19H17NO3S3. The van der Waals surface area contributed by atoms with E-state index in [-0.39, 0.29) is 9.99 Å². The fourth-order valence-electron chi connectivity index (χ4n) is 2.21. The van der Waals surface area contributed by atoms with Crippen LogP contribution in [-0.2, 0) is 10.0 Å². The van der Waals surface area contributed by atoms with Crippen molar-refractivity contribution in [3.63, 3.8) is 0 Å². The Balaban J connectivity index is 1.59. The van der Waals surface area contributed by atoms with Crippen molar-refractivity contribution in [2.75, 3.05) is 10.5 Å². The molecule has 0 bridgehead atoms. The van der Waals surface area contributed by atoms with E-state index in [9.17, 15) is 13.2 Å². The molecule has 0 aliphatic rings. The van der Waals surface area contributed by atoms with Crippen molar-refractivity contribution in [1.82, 2.24) is 0 Å². The number of anilines is 1. The molecule has 26 heavy (non-hydrogen) atoms. The zero-order chi connectivity index (χ0) is 18.6. The van der Waals surface area contributed by atoms with E-state index in [1.54, 1.807) is 41.8 Å². The Kier molecular flexibility index (Phi) is 5.80. The molecule has 3 rings (SSSR count). The normalized spacial score (nSPS) is 11.3. The molecule has 1 heterocycles. The summed E-state index contributed by atoms with van der Waals surface area (Å²) in [6.45, 7) is 1.98. The van der Waals surface area contributed by atoms with Gasteiger partial charge in [0, 0.05) is 16.1 Å². The highest BCUT2D eigenvalue weighted by Crippen LogP contribution is 2.24. The highest BCUT2D eigenvalue weighted by Gasteiger charge is 2.15. The third kappa shape index (κ3) is 4.75. The smallest absolute Gasteiger partial charge is 0.271 e. The van der Waals surface area contributed by atoms with Gasteiger partial charge in [0.1, 0.15) is 4.21 Å². The molecule has 0 aliphatic carbocycles. The Morgan fingerprint density at radius 2 is 1.73 bits per heavy atom. The van der Waals surface area contributed by atoms with Gasteiger partial charge in [0.15, 0.2) is 5.78 Å². The maximum Gasteiger partial charge on any atom is 0.271 e. The van der Waals surface area contributed by atoms with Crippen molar-refractivity contribution in [3.05, 3.63) is 77.2 Å². The Bertz CT molecular complexity index is 978. The lowest BCUT2D eigenvalue weighted by Gasteiger charge is -2.07. The number of ketones is 1. The molecule has 134 valence electrons. The summed E-state index contributed by atoms with van der Waals surface area (Å²) in [7, 11) is -3.54. The minimum atomic E-state index is -3.54. The third-order valence-corrected chi connectivity index (χ3v) is 7.40. The van der Waals surface area contributed by atoms with Gasteiger partial charge in [-0.25, -0.2) is 8.42 Å². The van der Waals surface area contributed by atoms with Crippen molar-refractivity contribution in [2.24, 2.45) is 0 Å². The number of carbonyl (C=O) groups excluding carboxylic acids is 1. The largest absolute Gasteiger partial charge is 0.293 e. The van der Waals surface area contributed by atoms with Crippen LogP contribution in [0.15, 0.2) is 75.1 Å². The summed E-state index contributed by atoms with van der Waals surface area (Å²) in [5, 5.41) is 1.72. The van der Waals surface area contributed by atoms with Crippen LogP contribution in [0.4, 0.5) is 5.69 Å². The molecule has 1 N–H and O–H groups in total. The monoisotopic (exact) mass is 403 g/mol. The number of Topliss-reactive ketones (excluding diaryl/α,β-unsaturated/α-hetero) is 1. The van der Waals surface area contributed by atoms with Crippen molar-refractivity contribution >= 4 is 44.6 Å². The number of benzene rings is 2. The maximum absolute atomic E-state index is 12.2. The molecule has 0 spiro atoms. The SMILES string of the molecule is Cc1ccc(C(=O)CSc2ccc(NS(=O)(=O)c3cccs3)cc2)cc1. The van der Waals surface area contributed by atoms with Gasteiger partial charge in [-0.3, -0.25) is 9.52 Å². The van der Waals surface area contributed by atoms with Crippen LogP contribution in [0, 0.1) is 6.92 Å². The van der Waals surface area contributed by atoms with Gasteiger partial charge in [-0.2, -0.15) is 0 Å². The van der Waals surface area contributed by atoms with E-state index in [2.05, 4.69) is 4.72 Å². The first-order valence-corrected chi connectivity index (χ1v) is 11.2. The van der Waals surface area contributed by atoms with Gasteiger partial charge in [0.25, 0.3) is 10.0 Å². The summed E-state index contributed by atoms with van der Waals surface area (Å²) in [6.07, 6.45) is 0. The minimum absolute atomic E-state index is 0.0671. The zero-order valence-corrected chi connectivity index (χ0v) is 16.5. The second kappa shape index (κ2) is 8.07. The number of sulfonamides is 1. The number of hydrogen-bond donors (Lipinski definition) is 1. The zero-order valence-electron chi connectivity index (χ0n) is 14.0. The number of carbonyl (C=O) groups is 1. The van der Waals surface area contributed by atoms with Gasteiger partial charge < -0.3 is 0 Å². The highest BCUT2D eigenvalue weighted by atomic mass is 32.2. The van der Waals surface area contributed by atoms with Crippen LogP contribution in [-0.4, -0.2) is 20.0 Å². The molecule has 0 radical (unpaired) electrons. The van der Waals surface area contributed by atoms with Crippen LogP contribution >= 0.6 is 23.1 Å². The van der Waals surface area contributed by atoms with Crippen LogP contribution < -0.4 is 4.72 Å². The average molecular weight is 404 g/mol. The second-order valence-electron chi connectivity index (χ2n) is 5.64. The van der Waals surface area contributed by atoms with Crippen molar-refractivity contribution in [2.45, 2.75) is 16.0 Å². The summed E-state index contributed by atoms with van der Waals surface area (Å²) in [4.78, 5) is 13.1. The number of thioether (sulfide) groups is 1. The van der Waals surface area contributed by atoms with E-state index in [1.165, 1.54) is 23.1 Å². The van der Waals surface area contributed by atoms with Gasteiger partial charge in [-0.1, -0.05) is 35.9 Å². The Hall–Kier alpha value is -2.09. The topological polar surface area (TPSA) is 63.2 Å². The van der Waals surface area contributed by atoms with Crippen molar-refractivity contribution in [1.29, 1.82) is 0 Å². The van der Waals surface area contributed by atoms with E-state index in [4.69, 9.17) is 0 Å². The van der Waals surface area contributed by atoms with Gasteiger partial charge in [0.05, 0.1) is 5.75 Å². The van der Waals surface area contributed by atoms with E-state index in [0.717, 1.165) is 10.5 Å². The second-order valence-corrected chi connectivity index (χ2v) is 9.55. The lowest BCUT2D eigenvalue weighted by atomic mass is 10.1. The fraction of sp³-hybridized carbons (Fsp3) is 0.105. The van der Waals surface area contributed by atoms with Gasteiger partial charge >= 0.3 is 0 Å². The fourth-order valence-corrected chi connectivity index (χ4v) is 5.06. The first-order valence-electron chi connectivity index (χ1n) is 7.83. The Morgan fingerprint density at radius 3 is 2.35 bits per heavy atom. The summed E-state index contributed by atoms with van der Waals surface area (Å²) in [5.41, 5.74) is 2.31. The number of nitrogens with one attached hydrogen (secondary N) is 1. The van der Waals surface area contributed by atoms with Crippen LogP contribution in [0.1, 0.15) is 15.9 Å². The number of hydrogen-bond acceptors (Lipinski definition) is 5. The van der Waals surface area contributed by atoms with Crippen LogP contribution in [0.5, 0.6) is 0 Å². The molecule has 4 nitrogen and oxygen atoms in total. The van der Waals surface area contributed by atoms with Gasteiger partial charge in [-0.05, 0) is 42.6 Å². The molecule has 0 aliphatic heterocycles. The highest BCUT2D eigenvalue weighted by molar-refractivity contribution is 8.00. The molecule has 0 saturated carbocycles. The molecule has 2 aromatic carbocycles. The summed E-state index contributed by atoms with van der Waals surface area (Å²) >= 11 is 2.60. The summed E-state index contributed by atoms with van der Waals surface area (Å²) in [6, 6.07) is 17.8. The van der Waals surface area contributed by atoms with Gasteiger partial charge in [0.2, 0.25) is 0 Å². The maximum atomic E-state index is 12.2. The number of rotatable bonds is 7. The van der Waals surface area contributed by atoms with Crippen LogP contribution in [0.2, 0.25) is 0 Å². The van der Waals surface area contributed by atoms with E-state index in [0.29, 0.717) is 17.0 Å². The van der Waals surface area contributed by atoms with Crippen LogP contribution in [0.25, 0.3) is 0 Å². The van der Waals surface area contributed by atoms with Crippen molar-refractivity contribution < 1.29 is 13.2 Å². The van der Waals surface area contributed by atoms with Gasteiger partial charge in [-0.15, -0.1) is 23.1 Å².